The minimum Gasteiger partial charge on any atom is -0.468 e. The van der Waals surface area contributed by atoms with Crippen molar-refractivity contribution in [2.45, 2.75) is 46.0 Å². The van der Waals surface area contributed by atoms with Crippen molar-refractivity contribution < 1.29 is 14.3 Å². The van der Waals surface area contributed by atoms with Gasteiger partial charge in [-0.2, -0.15) is 0 Å². The molecule has 0 saturated carbocycles. The van der Waals surface area contributed by atoms with E-state index in [9.17, 15) is 9.59 Å². The molecule has 1 aliphatic rings. The number of nitrogens with zero attached hydrogens (tertiary/aromatic N) is 1. The second-order valence-corrected chi connectivity index (χ2v) is 12.6. The third-order valence-electron chi connectivity index (χ3n) is 3.26. The monoisotopic (exact) mass is 297 g/mol. The molecule has 0 aromatic rings. The lowest BCUT2D eigenvalue weighted by Gasteiger charge is -2.19. The van der Waals surface area contributed by atoms with Crippen molar-refractivity contribution >= 4 is 20.0 Å². The number of methoxy groups -OCH3 is 1. The topological polar surface area (TPSA) is 46.6 Å². The van der Waals surface area contributed by atoms with Gasteiger partial charge >= 0.3 is 5.97 Å². The molecule has 5 heteroatoms. The fraction of sp³-hybridized carbons (Fsp3) is 0.733. The molecule has 0 fully saturated rings. The zero-order valence-electron chi connectivity index (χ0n) is 13.6. The average molecular weight is 297 g/mol. The lowest BCUT2D eigenvalue weighted by atomic mass is 10.0. The summed E-state index contributed by atoms with van der Waals surface area (Å²) in [5, 5.41) is 0. The van der Waals surface area contributed by atoms with Gasteiger partial charge in [0.15, 0.2) is 0 Å². The average Bonchev–Trinajstić information content (AvgIpc) is 2.55. The van der Waals surface area contributed by atoms with Crippen LogP contribution in [0.25, 0.3) is 0 Å². The molecule has 1 heterocycles. The molecule has 0 N–H and O–H groups in total. The van der Waals surface area contributed by atoms with Crippen molar-refractivity contribution in [3.05, 3.63) is 11.1 Å². The van der Waals surface area contributed by atoms with Crippen LogP contribution in [0.3, 0.4) is 0 Å². The summed E-state index contributed by atoms with van der Waals surface area (Å²) in [7, 11) is 0.0800. The van der Waals surface area contributed by atoms with Gasteiger partial charge in [-0.25, -0.2) is 0 Å². The number of carbonyl (C=O) groups is 2. The Morgan fingerprint density at radius 1 is 1.35 bits per heavy atom. The van der Waals surface area contributed by atoms with Gasteiger partial charge in [-0.3, -0.25) is 9.59 Å². The standard InChI is InChI=1S/C15H27NO3Si/c1-11(2)7-13-12(10-20(4,5)6)8-16(15(13)18)9-14(17)19-3/h11H,7-10H2,1-6H3. The number of rotatable bonds is 6. The van der Waals surface area contributed by atoms with Crippen molar-refractivity contribution in [3.8, 4) is 0 Å². The summed E-state index contributed by atoms with van der Waals surface area (Å²) in [6.45, 7) is 11.8. The molecule has 0 bridgehead atoms. The SMILES string of the molecule is COC(=O)CN1CC(C[Si](C)(C)C)=C(CC(C)C)C1=O. The predicted molar refractivity (Wildman–Crippen MR) is 83.2 cm³/mol. The van der Waals surface area contributed by atoms with E-state index in [1.807, 2.05) is 0 Å². The van der Waals surface area contributed by atoms with Crippen LogP contribution in [0.1, 0.15) is 20.3 Å². The number of carbonyl (C=O) groups excluding carboxylic acids is 2. The summed E-state index contributed by atoms with van der Waals surface area (Å²) in [4.78, 5) is 25.5. The van der Waals surface area contributed by atoms with E-state index in [0.29, 0.717) is 12.5 Å². The van der Waals surface area contributed by atoms with Crippen LogP contribution in [0.4, 0.5) is 0 Å². The van der Waals surface area contributed by atoms with E-state index in [2.05, 4.69) is 38.2 Å². The van der Waals surface area contributed by atoms with Crippen LogP contribution in [0.15, 0.2) is 11.1 Å². The van der Waals surface area contributed by atoms with E-state index in [0.717, 1.165) is 18.0 Å². The summed E-state index contributed by atoms with van der Waals surface area (Å²) in [5.74, 6) is 0.123. The molecule has 0 atom stereocenters. The van der Waals surface area contributed by atoms with Crippen LogP contribution in [0.2, 0.25) is 25.7 Å². The molecule has 0 spiro atoms. The fourth-order valence-corrected chi connectivity index (χ4v) is 4.14. The molecule has 4 nitrogen and oxygen atoms in total. The highest BCUT2D eigenvalue weighted by atomic mass is 28.3. The maximum atomic E-state index is 12.5. The minimum atomic E-state index is -1.28. The smallest absolute Gasteiger partial charge is 0.325 e. The molecule has 0 radical (unpaired) electrons. The van der Waals surface area contributed by atoms with Gasteiger partial charge in [0, 0.05) is 20.2 Å². The highest BCUT2D eigenvalue weighted by molar-refractivity contribution is 6.76. The van der Waals surface area contributed by atoms with Gasteiger partial charge in [-0.05, 0) is 24.0 Å². The highest BCUT2D eigenvalue weighted by Gasteiger charge is 2.33. The van der Waals surface area contributed by atoms with Crippen molar-refractivity contribution in [1.29, 1.82) is 0 Å². The molecule has 1 rings (SSSR count). The van der Waals surface area contributed by atoms with Gasteiger partial charge < -0.3 is 9.64 Å². The largest absolute Gasteiger partial charge is 0.468 e. The maximum Gasteiger partial charge on any atom is 0.325 e. The zero-order chi connectivity index (χ0) is 15.5. The Kier molecular flexibility index (Phi) is 5.56. The van der Waals surface area contributed by atoms with E-state index in [4.69, 9.17) is 0 Å². The lowest BCUT2D eigenvalue weighted by molar-refractivity contribution is -0.145. The zero-order valence-corrected chi connectivity index (χ0v) is 14.6. The van der Waals surface area contributed by atoms with Crippen LogP contribution in [0, 0.1) is 5.92 Å². The Balaban J connectivity index is 2.91. The second-order valence-electron chi connectivity index (χ2n) is 7.15. The van der Waals surface area contributed by atoms with Gasteiger partial charge in [0.25, 0.3) is 5.91 Å². The summed E-state index contributed by atoms with van der Waals surface area (Å²) in [5.41, 5.74) is 2.18. The Morgan fingerprint density at radius 3 is 2.40 bits per heavy atom. The van der Waals surface area contributed by atoms with Crippen LogP contribution in [0.5, 0.6) is 0 Å². The molecule has 0 aromatic heterocycles. The number of hydrogen-bond donors (Lipinski definition) is 0. The third-order valence-corrected chi connectivity index (χ3v) is 4.75. The first-order valence-corrected chi connectivity index (χ1v) is 10.9. The quantitative estimate of drug-likeness (QED) is 0.559. The van der Waals surface area contributed by atoms with Crippen molar-refractivity contribution in [1.82, 2.24) is 4.90 Å². The van der Waals surface area contributed by atoms with E-state index in [-0.39, 0.29) is 18.4 Å². The molecular formula is C15H27NO3Si. The molecular weight excluding hydrogens is 270 g/mol. The normalized spacial score (nSPS) is 16.4. The minimum absolute atomic E-state index is 0.0253. The first-order chi connectivity index (χ1) is 9.14. The Labute approximate surface area is 123 Å². The van der Waals surface area contributed by atoms with Crippen molar-refractivity contribution in [2.75, 3.05) is 20.2 Å². The second kappa shape index (κ2) is 6.57. The Hall–Kier alpha value is -1.10. The van der Waals surface area contributed by atoms with Gasteiger partial charge in [0.2, 0.25) is 0 Å². The van der Waals surface area contributed by atoms with Gasteiger partial charge in [0.1, 0.15) is 6.54 Å². The van der Waals surface area contributed by atoms with E-state index in [1.54, 1.807) is 4.90 Å². The molecule has 0 unspecified atom stereocenters. The summed E-state index contributed by atoms with van der Waals surface area (Å²) in [6, 6.07) is 1.03. The van der Waals surface area contributed by atoms with Gasteiger partial charge in [-0.1, -0.05) is 33.5 Å². The van der Waals surface area contributed by atoms with E-state index >= 15 is 0 Å². The van der Waals surface area contributed by atoms with Crippen molar-refractivity contribution in [2.24, 2.45) is 5.92 Å². The molecule has 1 amide bonds. The van der Waals surface area contributed by atoms with Crippen LogP contribution in [-0.2, 0) is 14.3 Å². The molecule has 0 aliphatic carbocycles. The first kappa shape index (κ1) is 16.9. The third kappa shape index (κ3) is 4.78. The highest BCUT2D eigenvalue weighted by Crippen LogP contribution is 2.30. The number of esters is 1. The Morgan fingerprint density at radius 2 is 1.95 bits per heavy atom. The van der Waals surface area contributed by atoms with Gasteiger partial charge in [-0.15, -0.1) is 0 Å². The molecule has 1 aliphatic heterocycles. The van der Waals surface area contributed by atoms with E-state index < -0.39 is 8.07 Å². The number of ether oxygens (including phenoxy) is 1. The van der Waals surface area contributed by atoms with Gasteiger partial charge in [0.05, 0.1) is 7.11 Å². The van der Waals surface area contributed by atoms with Crippen molar-refractivity contribution in [3.63, 3.8) is 0 Å². The summed E-state index contributed by atoms with van der Waals surface area (Å²) < 4.78 is 4.67. The molecule has 20 heavy (non-hydrogen) atoms. The molecule has 0 saturated heterocycles. The summed E-state index contributed by atoms with van der Waals surface area (Å²) in [6.07, 6.45) is 0.802. The number of hydrogen-bond acceptors (Lipinski definition) is 3. The molecule has 114 valence electrons. The predicted octanol–water partition coefficient (Wildman–Crippen LogP) is 2.68. The first-order valence-electron chi connectivity index (χ1n) is 7.21. The van der Waals surface area contributed by atoms with Crippen LogP contribution in [-0.4, -0.2) is 45.0 Å². The maximum absolute atomic E-state index is 12.5. The van der Waals surface area contributed by atoms with Crippen LogP contribution >= 0.6 is 0 Å². The Bertz CT molecular complexity index is 421. The van der Waals surface area contributed by atoms with Crippen LogP contribution < -0.4 is 0 Å². The van der Waals surface area contributed by atoms with E-state index in [1.165, 1.54) is 12.7 Å². The molecule has 0 aromatic carbocycles. The fourth-order valence-electron chi connectivity index (χ4n) is 2.53. The lowest BCUT2D eigenvalue weighted by Crippen LogP contribution is -2.33. The number of amides is 1. The summed E-state index contributed by atoms with van der Waals surface area (Å²) >= 11 is 0.